The van der Waals surface area contributed by atoms with Crippen molar-refractivity contribution in [2.45, 2.75) is 39.2 Å². The molecule has 94 valence electrons. The monoisotopic (exact) mass is 244 g/mol. The first kappa shape index (κ1) is 13.8. The van der Waals surface area contributed by atoms with E-state index >= 15 is 0 Å². The summed E-state index contributed by atoms with van der Waals surface area (Å²) in [6.07, 6.45) is 5.13. The van der Waals surface area contributed by atoms with Gasteiger partial charge in [-0.15, -0.1) is 0 Å². The van der Waals surface area contributed by atoms with Crippen molar-refractivity contribution in [3.05, 3.63) is 0 Å². The van der Waals surface area contributed by atoms with E-state index in [1.165, 1.54) is 0 Å². The molecule has 0 aliphatic carbocycles. The van der Waals surface area contributed by atoms with E-state index in [1.807, 2.05) is 0 Å². The van der Waals surface area contributed by atoms with Gasteiger partial charge in [-0.05, 0) is 32.6 Å². The SMILES string of the molecule is CCCC1(C(=O)NC(C)CSC)CCNC1. The zero-order valence-corrected chi connectivity index (χ0v) is 11.5. The zero-order valence-electron chi connectivity index (χ0n) is 10.6. The zero-order chi connectivity index (χ0) is 12.0. The predicted octanol–water partition coefficient (Wildman–Crippen LogP) is 1.63. The molecule has 1 fully saturated rings. The summed E-state index contributed by atoms with van der Waals surface area (Å²) in [7, 11) is 0. The van der Waals surface area contributed by atoms with Crippen molar-refractivity contribution in [3.63, 3.8) is 0 Å². The molecule has 0 radical (unpaired) electrons. The Labute approximate surface area is 103 Å². The Balaban J connectivity index is 2.54. The third-order valence-electron chi connectivity index (χ3n) is 3.25. The third-order valence-corrected chi connectivity index (χ3v) is 4.08. The van der Waals surface area contributed by atoms with E-state index in [4.69, 9.17) is 0 Å². The molecule has 0 spiro atoms. The lowest BCUT2D eigenvalue weighted by atomic mass is 9.81. The second-order valence-corrected chi connectivity index (χ2v) is 5.70. The second kappa shape index (κ2) is 6.50. The molecule has 1 saturated heterocycles. The molecule has 0 aromatic carbocycles. The van der Waals surface area contributed by atoms with E-state index in [-0.39, 0.29) is 17.4 Å². The summed E-state index contributed by atoms with van der Waals surface area (Å²) in [5, 5.41) is 6.47. The number of rotatable bonds is 6. The summed E-state index contributed by atoms with van der Waals surface area (Å²) >= 11 is 1.78. The fourth-order valence-electron chi connectivity index (χ4n) is 2.41. The molecule has 2 atom stereocenters. The second-order valence-electron chi connectivity index (χ2n) is 4.79. The minimum absolute atomic E-state index is 0.137. The van der Waals surface area contributed by atoms with Crippen LogP contribution in [0.2, 0.25) is 0 Å². The number of carbonyl (C=O) groups excluding carboxylic acids is 1. The average Bonchev–Trinajstić information content (AvgIpc) is 2.68. The molecule has 2 N–H and O–H groups in total. The van der Waals surface area contributed by atoms with E-state index < -0.39 is 0 Å². The topological polar surface area (TPSA) is 41.1 Å². The smallest absolute Gasteiger partial charge is 0.227 e. The number of nitrogens with one attached hydrogen (secondary N) is 2. The molecule has 4 heteroatoms. The van der Waals surface area contributed by atoms with Crippen molar-refractivity contribution < 1.29 is 4.79 Å². The van der Waals surface area contributed by atoms with Gasteiger partial charge < -0.3 is 10.6 Å². The molecule has 0 bridgehead atoms. The highest BCUT2D eigenvalue weighted by Crippen LogP contribution is 2.31. The summed E-state index contributed by atoms with van der Waals surface area (Å²) in [6.45, 7) is 6.05. The Morgan fingerprint density at radius 2 is 2.38 bits per heavy atom. The summed E-state index contributed by atoms with van der Waals surface area (Å²) in [4.78, 5) is 12.3. The van der Waals surface area contributed by atoms with Gasteiger partial charge in [-0.3, -0.25) is 4.79 Å². The van der Waals surface area contributed by atoms with Gasteiger partial charge in [-0.25, -0.2) is 0 Å². The molecule has 1 heterocycles. The van der Waals surface area contributed by atoms with Gasteiger partial charge in [0.1, 0.15) is 0 Å². The molecular formula is C12H24N2OS. The minimum atomic E-state index is -0.137. The Hall–Kier alpha value is -0.220. The van der Waals surface area contributed by atoms with E-state index in [0.29, 0.717) is 0 Å². The Morgan fingerprint density at radius 3 is 2.88 bits per heavy atom. The molecular weight excluding hydrogens is 220 g/mol. The van der Waals surface area contributed by atoms with E-state index in [9.17, 15) is 4.79 Å². The highest BCUT2D eigenvalue weighted by molar-refractivity contribution is 7.98. The molecule has 3 nitrogen and oxygen atoms in total. The lowest BCUT2D eigenvalue weighted by Gasteiger charge is -2.28. The van der Waals surface area contributed by atoms with Crippen LogP contribution in [-0.2, 0) is 4.79 Å². The summed E-state index contributed by atoms with van der Waals surface area (Å²) in [5.41, 5.74) is -0.137. The van der Waals surface area contributed by atoms with E-state index in [0.717, 1.165) is 38.1 Å². The average molecular weight is 244 g/mol. The Kier molecular flexibility index (Phi) is 5.62. The van der Waals surface area contributed by atoms with Gasteiger partial charge in [0.25, 0.3) is 0 Å². The van der Waals surface area contributed by atoms with Crippen LogP contribution in [0.25, 0.3) is 0 Å². The van der Waals surface area contributed by atoms with Crippen LogP contribution in [0.1, 0.15) is 33.1 Å². The number of hydrogen-bond acceptors (Lipinski definition) is 3. The van der Waals surface area contributed by atoms with Crippen molar-refractivity contribution in [2.75, 3.05) is 25.1 Å². The van der Waals surface area contributed by atoms with Crippen molar-refractivity contribution >= 4 is 17.7 Å². The van der Waals surface area contributed by atoms with Gasteiger partial charge in [0.2, 0.25) is 5.91 Å². The van der Waals surface area contributed by atoms with Crippen LogP contribution < -0.4 is 10.6 Å². The Morgan fingerprint density at radius 1 is 1.62 bits per heavy atom. The highest BCUT2D eigenvalue weighted by Gasteiger charge is 2.40. The number of hydrogen-bond donors (Lipinski definition) is 2. The minimum Gasteiger partial charge on any atom is -0.352 e. The van der Waals surface area contributed by atoms with Gasteiger partial charge >= 0.3 is 0 Å². The summed E-state index contributed by atoms with van der Waals surface area (Å²) < 4.78 is 0. The van der Waals surface area contributed by atoms with Crippen LogP contribution >= 0.6 is 11.8 Å². The van der Waals surface area contributed by atoms with Crippen molar-refractivity contribution in [1.82, 2.24) is 10.6 Å². The molecule has 1 aliphatic heterocycles. The highest BCUT2D eigenvalue weighted by atomic mass is 32.2. The molecule has 1 rings (SSSR count). The van der Waals surface area contributed by atoms with Gasteiger partial charge in [-0.2, -0.15) is 11.8 Å². The van der Waals surface area contributed by atoms with Gasteiger partial charge in [0.15, 0.2) is 0 Å². The first-order valence-electron chi connectivity index (χ1n) is 6.15. The maximum Gasteiger partial charge on any atom is 0.227 e. The van der Waals surface area contributed by atoms with Crippen molar-refractivity contribution in [1.29, 1.82) is 0 Å². The van der Waals surface area contributed by atoms with Crippen molar-refractivity contribution in [3.8, 4) is 0 Å². The number of amides is 1. The van der Waals surface area contributed by atoms with Crippen LogP contribution in [0.4, 0.5) is 0 Å². The van der Waals surface area contributed by atoms with Crippen molar-refractivity contribution in [2.24, 2.45) is 5.41 Å². The van der Waals surface area contributed by atoms with Gasteiger partial charge in [0.05, 0.1) is 5.41 Å². The lowest BCUT2D eigenvalue weighted by Crippen LogP contribution is -2.46. The standard InChI is InChI=1S/C12H24N2OS/c1-4-5-12(6-7-13-9-12)11(15)14-10(2)8-16-3/h10,13H,4-9H2,1-3H3,(H,14,15). The number of thioether (sulfide) groups is 1. The van der Waals surface area contributed by atoms with E-state index in [1.54, 1.807) is 11.8 Å². The lowest BCUT2D eigenvalue weighted by molar-refractivity contribution is -0.131. The van der Waals surface area contributed by atoms with Crippen LogP contribution in [0, 0.1) is 5.41 Å². The summed E-state index contributed by atoms with van der Waals surface area (Å²) in [6, 6.07) is 0.275. The quantitative estimate of drug-likeness (QED) is 0.746. The maximum atomic E-state index is 12.3. The number of carbonyl (C=O) groups is 1. The molecule has 16 heavy (non-hydrogen) atoms. The molecule has 2 unspecified atom stereocenters. The summed E-state index contributed by atoms with van der Waals surface area (Å²) in [5.74, 6) is 1.24. The molecule has 0 aromatic heterocycles. The maximum absolute atomic E-state index is 12.3. The molecule has 1 aliphatic rings. The molecule has 1 amide bonds. The van der Waals surface area contributed by atoms with Crippen LogP contribution in [0.5, 0.6) is 0 Å². The van der Waals surface area contributed by atoms with Gasteiger partial charge in [-0.1, -0.05) is 13.3 Å². The molecule has 0 saturated carbocycles. The van der Waals surface area contributed by atoms with Crippen LogP contribution in [0.3, 0.4) is 0 Å². The van der Waals surface area contributed by atoms with Crippen LogP contribution in [-0.4, -0.2) is 37.0 Å². The van der Waals surface area contributed by atoms with E-state index in [2.05, 4.69) is 30.7 Å². The third kappa shape index (κ3) is 3.39. The largest absolute Gasteiger partial charge is 0.352 e. The first-order valence-corrected chi connectivity index (χ1v) is 7.54. The normalized spacial score (nSPS) is 26.7. The van der Waals surface area contributed by atoms with Crippen LogP contribution in [0.15, 0.2) is 0 Å². The van der Waals surface area contributed by atoms with Gasteiger partial charge in [0, 0.05) is 18.3 Å². The predicted molar refractivity (Wildman–Crippen MR) is 70.8 cm³/mol. The first-order chi connectivity index (χ1) is 7.64. The fraction of sp³-hybridized carbons (Fsp3) is 0.917. The fourth-order valence-corrected chi connectivity index (χ4v) is 2.99. The Bertz CT molecular complexity index is 227. The molecule has 0 aromatic rings.